The second-order valence-corrected chi connectivity index (χ2v) is 11.7. The molecule has 228 valence electrons. The molecule has 0 aliphatic heterocycles. The van der Waals surface area contributed by atoms with E-state index in [0.29, 0.717) is 36.0 Å². The van der Waals surface area contributed by atoms with Crippen LogP contribution in [0.1, 0.15) is 54.0 Å². The number of hydrogen-bond donors (Lipinski definition) is 3. The second-order valence-electron chi connectivity index (χ2n) is 10.6. The average Bonchev–Trinajstić information content (AvgIpc) is 3.02. The first-order valence-corrected chi connectivity index (χ1v) is 15.1. The molecule has 0 aliphatic rings. The van der Waals surface area contributed by atoms with Gasteiger partial charge in [0.25, 0.3) is 5.91 Å². The van der Waals surface area contributed by atoms with Crippen molar-refractivity contribution in [2.24, 2.45) is 4.99 Å². The Hall–Kier alpha value is -3.92. The summed E-state index contributed by atoms with van der Waals surface area (Å²) in [5.74, 6) is 0.502. The Bertz CT molecular complexity index is 1440. The van der Waals surface area contributed by atoms with Crippen LogP contribution in [0, 0.1) is 0 Å². The van der Waals surface area contributed by atoms with Crippen LogP contribution >= 0.6 is 11.8 Å². The molecule has 1 atom stereocenters. The van der Waals surface area contributed by atoms with Crippen molar-refractivity contribution < 1.29 is 19.4 Å². The van der Waals surface area contributed by atoms with Crippen LogP contribution in [0.5, 0.6) is 5.75 Å². The number of ether oxygens (including phenoxy) is 1. The van der Waals surface area contributed by atoms with E-state index in [0.717, 1.165) is 38.6 Å². The Morgan fingerprint density at radius 3 is 2.42 bits per heavy atom. The third-order valence-corrected chi connectivity index (χ3v) is 8.05. The van der Waals surface area contributed by atoms with E-state index in [4.69, 9.17) is 4.74 Å². The summed E-state index contributed by atoms with van der Waals surface area (Å²) < 4.78 is 5.74. The van der Waals surface area contributed by atoms with Gasteiger partial charge in [0, 0.05) is 64.7 Å². The van der Waals surface area contributed by atoms with Crippen LogP contribution in [-0.4, -0.2) is 73.8 Å². The second kappa shape index (κ2) is 16.6. The zero-order chi connectivity index (χ0) is 31.4. The molecule has 0 radical (unpaired) electrons. The summed E-state index contributed by atoms with van der Waals surface area (Å²) in [6, 6.07) is 20.8. The maximum Gasteiger partial charge on any atom is 0.251 e. The first-order valence-electron chi connectivity index (χ1n) is 14.2. The van der Waals surface area contributed by atoms with Gasteiger partial charge in [-0.3, -0.25) is 14.6 Å². The van der Waals surface area contributed by atoms with Gasteiger partial charge < -0.3 is 25.4 Å². The van der Waals surface area contributed by atoms with Crippen molar-refractivity contribution in [1.82, 2.24) is 10.2 Å². The topological polar surface area (TPSA) is 103 Å². The first kappa shape index (κ1) is 33.6. The summed E-state index contributed by atoms with van der Waals surface area (Å²) >= 11 is 1.47. The lowest BCUT2D eigenvalue weighted by atomic mass is 10.1. The molecule has 0 heterocycles. The molecule has 3 aromatic rings. The number of amides is 1. The predicted molar refractivity (Wildman–Crippen MR) is 176 cm³/mol. The van der Waals surface area contributed by atoms with Crippen molar-refractivity contribution in [3.05, 3.63) is 95.2 Å². The highest BCUT2D eigenvalue weighted by molar-refractivity contribution is 7.99. The number of rotatable bonds is 15. The molecule has 3 N–H and O–H groups in total. The molecule has 1 unspecified atom stereocenters. The SMILES string of the molecule is CNc1cc(C(=O)NC/C(C)=C/N=C(\C)c2ccc(OCC(O)CN(C)C(C)C)cc2)ccc1Sc1ccccc1C=O. The minimum absolute atomic E-state index is 0.189. The summed E-state index contributed by atoms with van der Waals surface area (Å²) in [6.45, 7) is 9.15. The fourth-order valence-corrected chi connectivity index (χ4v) is 5.00. The molecule has 0 spiro atoms. The van der Waals surface area contributed by atoms with Gasteiger partial charge in [0.05, 0.1) is 0 Å². The molecule has 9 heteroatoms. The number of benzene rings is 3. The molecule has 43 heavy (non-hydrogen) atoms. The summed E-state index contributed by atoms with van der Waals surface area (Å²) in [5.41, 5.74) is 4.65. The zero-order valence-electron chi connectivity index (χ0n) is 25.8. The fraction of sp³-hybridized carbons (Fsp3) is 0.324. The number of aliphatic hydroxyl groups excluding tert-OH is 1. The normalized spacial score (nSPS) is 12.8. The van der Waals surface area contributed by atoms with Crippen molar-refractivity contribution in [2.45, 2.75) is 49.6 Å². The molecule has 0 saturated heterocycles. The molecule has 0 aliphatic carbocycles. The van der Waals surface area contributed by atoms with Gasteiger partial charge in [-0.2, -0.15) is 0 Å². The van der Waals surface area contributed by atoms with Crippen molar-refractivity contribution in [1.29, 1.82) is 0 Å². The Morgan fingerprint density at radius 1 is 1.05 bits per heavy atom. The molecule has 3 rings (SSSR count). The summed E-state index contributed by atoms with van der Waals surface area (Å²) in [5, 5.41) is 16.3. The van der Waals surface area contributed by atoms with Crippen molar-refractivity contribution in [2.75, 3.05) is 39.1 Å². The summed E-state index contributed by atoms with van der Waals surface area (Å²) in [7, 11) is 3.78. The highest BCUT2D eigenvalue weighted by Gasteiger charge is 2.13. The van der Waals surface area contributed by atoms with Crippen LogP contribution in [0.2, 0.25) is 0 Å². The third-order valence-electron chi connectivity index (χ3n) is 6.88. The van der Waals surface area contributed by atoms with E-state index in [1.807, 2.05) is 69.4 Å². The van der Waals surface area contributed by atoms with E-state index in [2.05, 4.69) is 34.4 Å². The highest BCUT2D eigenvalue weighted by Crippen LogP contribution is 2.35. The number of aliphatic hydroxyl groups is 1. The molecule has 8 nitrogen and oxygen atoms in total. The van der Waals surface area contributed by atoms with E-state index in [-0.39, 0.29) is 12.5 Å². The quantitative estimate of drug-likeness (QED) is 0.147. The maximum atomic E-state index is 12.9. The van der Waals surface area contributed by atoms with E-state index >= 15 is 0 Å². The van der Waals surface area contributed by atoms with Gasteiger partial charge in [-0.05, 0) is 94.4 Å². The molecule has 0 aromatic heterocycles. The average molecular weight is 603 g/mol. The van der Waals surface area contributed by atoms with Crippen LogP contribution < -0.4 is 15.4 Å². The van der Waals surface area contributed by atoms with E-state index in [9.17, 15) is 14.7 Å². The number of anilines is 1. The minimum Gasteiger partial charge on any atom is -0.491 e. The molecule has 0 saturated carbocycles. The van der Waals surface area contributed by atoms with Gasteiger partial charge in [-0.25, -0.2) is 0 Å². The van der Waals surface area contributed by atoms with Crippen molar-refractivity contribution >= 4 is 35.4 Å². The number of hydrogen-bond acceptors (Lipinski definition) is 8. The molecule has 0 fully saturated rings. The van der Waals surface area contributed by atoms with Crippen LogP contribution in [0.3, 0.4) is 0 Å². The minimum atomic E-state index is -0.565. The monoisotopic (exact) mass is 602 g/mol. The van der Waals surface area contributed by atoms with Crippen LogP contribution in [0.25, 0.3) is 0 Å². The molecule has 1 amide bonds. The Kier molecular flexibility index (Phi) is 13.0. The summed E-state index contributed by atoms with van der Waals surface area (Å²) in [6.07, 6.45) is 2.04. The Morgan fingerprint density at radius 2 is 1.74 bits per heavy atom. The van der Waals surface area contributed by atoms with Crippen LogP contribution in [-0.2, 0) is 0 Å². The van der Waals surface area contributed by atoms with E-state index in [1.165, 1.54) is 11.8 Å². The van der Waals surface area contributed by atoms with Gasteiger partial charge in [-0.1, -0.05) is 30.0 Å². The Balaban J connectivity index is 1.54. The first-order chi connectivity index (χ1) is 20.6. The van der Waals surface area contributed by atoms with Crippen LogP contribution in [0.4, 0.5) is 5.69 Å². The molecular formula is C34H42N4O4S. The lowest BCUT2D eigenvalue weighted by molar-refractivity contribution is 0.0678. The molecule has 3 aromatic carbocycles. The smallest absolute Gasteiger partial charge is 0.251 e. The standard InChI is InChI=1S/C34H42N4O4S/c1-23(2)38(6)20-29(40)22-42-30-14-11-26(12-15-30)25(4)36-18-24(3)19-37-34(41)27-13-16-33(31(17-27)35-5)43-32-10-8-7-9-28(32)21-39/h7-18,21,23,29,35,40H,19-20,22H2,1-6H3,(H,37,41)/b24-18+,36-25+. The van der Waals surface area contributed by atoms with Gasteiger partial charge >= 0.3 is 0 Å². The lowest BCUT2D eigenvalue weighted by Gasteiger charge is -2.24. The highest BCUT2D eigenvalue weighted by atomic mass is 32.2. The molecule has 0 bridgehead atoms. The van der Waals surface area contributed by atoms with Gasteiger partial charge in [0.1, 0.15) is 18.5 Å². The van der Waals surface area contributed by atoms with Crippen LogP contribution in [0.15, 0.2) is 93.3 Å². The van der Waals surface area contributed by atoms with Crippen molar-refractivity contribution in [3.8, 4) is 5.75 Å². The number of nitrogens with zero attached hydrogens (tertiary/aromatic N) is 2. The van der Waals surface area contributed by atoms with Gasteiger partial charge in [0.15, 0.2) is 6.29 Å². The van der Waals surface area contributed by atoms with E-state index < -0.39 is 6.10 Å². The number of likely N-dealkylation sites (N-methyl/N-ethyl adjacent to an activating group) is 1. The number of carbonyl (C=O) groups is 2. The van der Waals surface area contributed by atoms with Gasteiger partial charge in [-0.15, -0.1) is 0 Å². The third kappa shape index (κ3) is 10.4. The Labute approximate surface area is 259 Å². The predicted octanol–water partition coefficient (Wildman–Crippen LogP) is 5.91. The maximum absolute atomic E-state index is 12.9. The fourth-order valence-electron chi connectivity index (χ4n) is 3.97. The number of nitrogens with one attached hydrogen (secondary N) is 2. The number of aldehydes is 1. The largest absolute Gasteiger partial charge is 0.491 e. The summed E-state index contributed by atoms with van der Waals surface area (Å²) in [4.78, 5) is 32.7. The lowest BCUT2D eigenvalue weighted by Crippen LogP contribution is -2.36. The van der Waals surface area contributed by atoms with E-state index in [1.54, 1.807) is 31.4 Å². The van der Waals surface area contributed by atoms with Crippen molar-refractivity contribution in [3.63, 3.8) is 0 Å². The number of carbonyl (C=O) groups excluding carboxylic acids is 2. The zero-order valence-corrected chi connectivity index (χ0v) is 26.6. The number of aliphatic imine (C=N–C) groups is 1. The van der Waals surface area contributed by atoms with Gasteiger partial charge in [0.2, 0.25) is 0 Å². The molecular weight excluding hydrogens is 560 g/mol.